The second-order valence-corrected chi connectivity index (χ2v) is 2.87. The fourth-order valence-corrected chi connectivity index (χ4v) is 1.25. The van der Waals surface area contributed by atoms with Gasteiger partial charge in [0.05, 0.1) is 10.7 Å². The molecule has 1 nitrogen and oxygen atoms in total. The zero-order valence-corrected chi connectivity index (χ0v) is 7.19. The first-order chi connectivity index (χ1) is 5.13. The van der Waals surface area contributed by atoms with E-state index in [1.807, 2.05) is 0 Å². The van der Waals surface area contributed by atoms with Gasteiger partial charge >= 0.3 is 0 Å². The van der Waals surface area contributed by atoms with Crippen LogP contribution >= 0.6 is 11.6 Å². The third-order valence-electron chi connectivity index (χ3n) is 1.38. The molecule has 1 aromatic carbocycles. The molecule has 11 heavy (non-hydrogen) atoms. The van der Waals surface area contributed by atoms with E-state index in [0.717, 1.165) is 0 Å². The van der Waals surface area contributed by atoms with Crippen molar-refractivity contribution in [3.05, 3.63) is 29.0 Å². The molecule has 0 aliphatic rings. The van der Waals surface area contributed by atoms with E-state index in [4.69, 9.17) is 11.6 Å². The molecule has 0 aliphatic carbocycles. The minimum atomic E-state index is -0.289. The number of halogens is 2. The van der Waals surface area contributed by atoms with E-state index >= 15 is 0 Å². The van der Waals surface area contributed by atoms with Crippen LogP contribution in [0.1, 0.15) is 0 Å². The van der Waals surface area contributed by atoms with Crippen molar-refractivity contribution in [1.82, 2.24) is 0 Å². The molecule has 0 spiro atoms. The normalized spacial score (nSPS) is 9.82. The Kier molecular flexibility index (Phi) is 2.35. The number of hydrogen-bond donors (Lipinski definition) is 0. The lowest BCUT2D eigenvalue weighted by Gasteiger charge is -2.14. The van der Waals surface area contributed by atoms with Crippen molar-refractivity contribution in [2.75, 3.05) is 19.0 Å². The van der Waals surface area contributed by atoms with E-state index in [0.29, 0.717) is 10.7 Å². The molecule has 0 saturated heterocycles. The largest absolute Gasteiger partial charge is 0.374 e. The second-order valence-electron chi connectivity index (χ2n) is 2.46. The van der Waals surface area contributed by atoms with Gasteiger partial charge in [0.25, 0.3) is 0 Å². The summed E-state index contributed by atoms with van der Waals surface area (Å²) in [5.74, 6) is -0.289. The van der Waals surface area contributed by atoms with E-state index in [-0.39, 0.29) is 5.82 Å². The van der Waals surface area contributed by atoms with Crippen LogP contribution in [-0.4, -0.2) is 14.1 Å². The van der Waals surface area contributed by atoms with Crippen LogP contribution in [0.15, 0.2) is 18.2 Å². The van der Waals surface area contributed by atoms with E-state index in [1.165, 1.54) is 6.07 Å². The number of para-hydroxylation sites is 1. The lowest BCUT2D eigenvalue weighted by atomic mass is 10.3. The lowest BCUT2D eigenvalue weighted by Crippen LogP contribution is -2.10. The highest BCUT2D eigenvalue weighted by molar-refractivity contribution is 6.33. The smallest absolute Gasteiger partial charge is 0.148 e. The lowest BCUT2D eigenvalue weighted by molar-refractivity contribution is 0.626. The van der Waals surface area contributed by atoms with E-state index < -0.39 is 0 Å². The summed E-state index contributed by atoms with van der Waals surface area (Å²) >= 11 is 5.74. The monoisotopic (exact) mass is 173 g/mol. The van der Waals surface area contributed by atoms with Gasteiger partial charge in [-0.1, -0.05) is 17.7 Å². The maximum Gasteiger partial charge on any atom is 0.148 e. The standard InChI is InChI=1S/C8H9ClFN/c1-11(2)8-6(9)4-3-5-7(8)10/h3-5H,1-2H3. The summed E-state index contributed by atoms with van der Waals surface area (Å²) in [6, 6.07) is 4.64. The van der Waals surface area contributed by atoms with Gasteiger partial charge in [-0.15, -0.1) is 0 Å². The zero-order valence-electron chi connectivity index (χ0n) is 6.44. The van der Waals surface area contributed by atoms with Crippen LogP contribution in [0.2, 0.25) is 5.02 Å². The van der Waals surface area contributed by atoms with Crippen molar-refractivity contribution in [3.63, 3.8) is 0 Å². The highest BCUT2D eigenvalue weighted by Gasteiger charge is 2.06. The van der Waals surface area contributed by atoms with E-state index in [1.54, 1.807) is 31.1 Å². The second kappa shape index (κ2) is 3.09. The highest BCUT2D eigenvalue weighted by Crippen LogP contribution is 2.26. The third kappa shape index (κ3) is 1.63. The van der Waals surface area contributed by atoms with Crippen LogP contribution in [0.3, 0.4) is 0 Å². The average molecular weight is 174 g/mol. The third-order valence-corrected chi connectivity index (χ3v) is 1.69. The first-order valence-corrected chi connectivity index (χ1v) is 3.62. The van der Waals surface area contributed by atoms with Gasteiger partial charge in [-0.05, 0) is 12.1 Å². The van der Waals surface area contributed by atoms with E-state index in [9.17, 15) is 4.39 Å². The highest BCUT2D eigenvalue weighted by atomic mass is 35.5. The summed E-state index contributed by atoms with van der Waals surface area (Å²) in [6.07, 6.45) is 0. The Morgan fingerprint density at radius 1 is 1.36 bits per heavy atom. The fraction of sp³-hybridized carbons (Fsp3) is 0.250. The minimum absolute atomic E-state index is 0.289. The summed E-state index contributed by atoms with van der Waals surface area (Å²) in [6.45, 7) is 0. The summed E-state index contributed by atoms with van der Waals surface area (Å²) in [7, 11) is 3.51. The summed E-state index contributed by atoms with van der Waals surface area (Å²) in [5.41, 5.74) is 0.439. The molecule has 0 atom stereocenters. The molecule has 0 N–H and O–H groups in total. The molecule has 0 unspecified atom stereocenters. The predicted molar refractivity (Wildman–Crippen MR) is 45.7 cm³/mol. The molecule has 0 radical (unpaired) electrons. The maximum absolute atomic E-state index is 13.0. The van der Waals surface area contributed by atoms with Crippen molar-refractivity contribution in [3.8, 4) is 0 Å². The topological polar surface area (TPSA) is 3.24 Å². The first kappa shape index (κ1) is 8.34. The molecule has 0 aliphatic heterocycles. The van der Waals surface area contributed by atoms with Crippen LogP contribution in [0, 0.1) is 5.82 Å². The molecule has 0 fully saturated rings. The van der Waals surface area contributed by atoms with Gasteiger partial charge in [0.1, 0.15) is 5.82 Å². The number of anilines is 1. The Labute approximate surface area is 70.4 Å². The van der Waals surface area contributed by atoms with E-state index in [2.05, 4.69) is 0 Å². The Morgan fingerprint density at radius 2 is 2.00 bits per heavy atom. The Hall–Kier alpha value is -0.760. The quantitative estimate of drug-likeness (QED) is 0.631. The van der Waals surface area contributed by atoms with Gasteiger partial charge in [-0.3, -0.25) is 0 Å². The van der Waals surface area contributed by atoms with Crippen LogP contribution in [-0.2, 0) is 0 Å². The number of nitrogens with zero attached hydrogens (tertiary/aromatic N) is 1. The maximum atomic E-state index is 13.0. The summed E-state index contributed by atoms with van der Waals surface area (Å²) < 4.78 is 13.0. The number of rotatable bonds is 1. The van der Waals surface area contributed by atoms with Gasteiger partial charge in [0, 0.05) is 14.1 Å². The van der Waals surface area contributed by atoms with Crippen molar-refractivity contribution in [2.24, 2.45) is 0 Å². The zero-order chi connectivity index (χ0) is 8.43. The molecule has 0 amide bonds. The van der Waals surface area contributed by atoms with Crippen molar-refractivity contribution >= 4 is 17.3 Å². The fourth-order valence-electron chi connectivity index (χ4n) is 0.916. The molecule has 0 heterocycles. The summed E-state index contributed by atoms with van der Waals surface area (Å²) in [4.78, 5) is 1.65. The van der Waals surface area contributed by atoms with Gasteiger partial charge in [0.2, 0.25) is 0 Å². The molecule has 0 bridgehead atoms. The Balaban J connectivity index is 3.21. The number of hydrogen-bond acceptors (Lipinski definition) is 1. The van der Waals surface area contributed by atoms with Crippen molar-refractivity contribution in [2.45, 2.75) is 0 Å². The molecule has 0 aromatic heterocycles. The van der Waals surface area contributed by atoms with Gasteiger partial charge in [-0.25, -0.2) is 4.39 Å². The van der Waals surface area contributed by atoms with Gasteiger partial charge < -0.3 is 4.90 Å². The van der Waals surface area contributed by atoms with Gasteiger partial charge in [-0.2, -0.15) is 0 Å². The van der Waals surface area contributed by atoms with Crippen LogP contribution in [0.5, 0.6) is 0 Å². The van der Waals surface area contributed by atoms with Crippen LogP contribution in [0.25, 0.3) is 0 Å². The van der Waals surface area contributed by atoms with Crippen molar-refractivity contribution < 1.29 is 4.39 Å². The molecular formula is C8H9ClFN. The first-order valence-electron chi connectivity index (χ1n) is 3.24. The predicted octanol–water partition coefficient (Wildman–Crippen LogP) is 2.55. The number of benzene rings is 1. The average Bonchev–Trinajstić information content (AvgIpc) is 1.85. The molecule has 3 heteroatoms. The molecular weight excluding hydrogens is 165 g/mol. The van der Waals surface area contributed by atoms with Crippen molar-refractivity contribution in [1.29, 1.82) is 0 Å². The molecule has 60 valence electrons. The SMILES string of the molecule is CN(C)c1c(F)cccc1Cl. The van der Waals surface area contributed by atoms with Crippen LogP contribution < -0.4 is 4.90 Å². The minimum Gasteiger partial charge on any atom is -0.374 e. The summed E-state index contributed by atoms with van der Waals surface area (Å²) in [5, 5.41) is 0.440. The Morgan fingerprint density at radius 3 is 2.36 bits per heavy atom. The Bertz CT molecular complexity index is 240. The molecule has 1 aromatic rings. The van der Waals surface area contributed by atoms with Gasteiger partial charge in [0.15, 0.2) is 0 Å². The molecule has 0 saturated carbocycles. The molecule has 1 rings (SSSR count). The van der Waals surface area contributed by atoms with Crippen LogP contribution in [0.4, 0.5) is 10.1 Å².